The van der Waals surface area contributed by atoms with Crippen molar-refractivity contribution in [3.8, 4) is 5.69 Å². The number of aryl methyl sites for hydroxylation is 1. The van der Waals surface area contributed by atoms with E-state index in [0.29, 0.717) is 16.6 Å². The molecule has 0 saturated carbocycles. The summed E-state index contributed by atoms with van der Waals surface area (Å²) < 4.78 is 2.12. The fourth-order valence-electron chi connectivity index (χ4n) is 1.94. The van der Waals surface area contributed by atoms with Crippen LogP contribution in [0.4, 0.5) is 0 Å². The molecular formula is C14H10BrN3O. The zero-order valence-corrected chi connectivity index (χ0v) is 11.8. The topological polar surface area (TPSA) is 47.8 Å². The number of nitrogens with zero attached hydrogens (tertiary/aromatic N) is 3. The summed E-state index contributed by atoms with van der Waals surface area (Å²) in [5.41, 5.74) is 2.15. The van der Waals surface area contributed by atoms with Gasteiger partial charge in [-0.1, -0.05) is 29.0 Å². The highest BCUT2D eigenvalue weighted by Gasteiger charge is 2.09. The van der Waals surface area contributed by atoms with Crippen molar-refractivity contribution in [1.82, 2.24) is 15.0 Å². The van der Waals surface area contributed by atoms with Gasteiger partial charge >= 0.3 is 0 Å². The summed E-state index contributed by atoms with van der Waals surface area (Å²) >= 11 is 3.42. The Bertz CT molecular complexity index is 826. The Morgan fingerprint density at radius 3 is 2.74 bits per heavy atom. The third kappa shape index (κ3) is 2.06. The molecule has 2 aromatic carbocycles. The normalized spacial score (nSPS) is 10.8. The molecule has 0 N–H and O–H groups in total. The van der Waals surface area contributed by atoms with Gasteiger partial charge in [-0.15, -0.1) is 5.10 Å². The smallest absolute Gasteiger partial charge is 0.267 e. The molecule has 0 radical (unpaired) electrons. The van der Waals surface area contributed by atoms with E-state index in [1.165, 1.54) is 4.68 Å². The van der Waals surface area contributed by atoms with Gasteiger partial charge in [-0.3, -0.25) is 4.79 Å². The Hall–Kier alpha value is -2.01. The number of aromatic nitrogens is 3. The third-order valence-corrected chi connectivity index (χ3v) is 3.57. The lowest BCUT2D eigenvalue weighted by molar-refractivity contribution is 0.735. The zero-order valence-electron chi connectivity index (χ0n) is 10.2. The molecule has 4 nitrogen and oxygen atoms in total. The second kappa shape index (κ2) is 4.59. The molecule has 0 aliphatic carbocycles. The lowest BCUT2D eigenvalue weighted by Gasteiger charge is -2.06. The van der Waals surface area contributed by atoms with Crippen molar-refractivity contribution in [1.29, 1.82) is 0 Å². The molecule has 3 aromatic rings. The Labute approximate surface area is 117 Å². The van der Waals surface area contributed by atoms with Crippen LogP contribution in [0.3, 0.4) is 0 Å². The van der Waals surface area contributed by atoms with Crippen molar-refractivity contribution < 1.29 is 0 Å². The Kier molecular flexibility index (Phi) is 2.91. The summed E-state index contributed by atoms with van der Waals surface area (Å²) in [7, 11) is 0. The molecule has 1 heterocycles. The monoisotopic (exact) mass is 315 g/mol. The molecule has 0 aliphatic heterocycles. The lowest BCUT2D eigenvalue weighted by Crippen LogP contribution is -2.22. The maximum atomic E-state index is 12.5. The first-order valence-electron chi connectivity index (χ1n) is 5.78. The van der Waals surface area contributed by atoms with Gasteiger partial charge in [0.1, 0.15) is 5.52 Å². The lowest BCUT2D eigenvalue weighted by atomic mass is 10.2. The summed E-state index contributed by atoms with van der Waals surface area (Å²) in [6.07, 6.45) is 0. The van der Waals surface area contributed by atoms with Crippen LogP contribution < -0.4 is 5.56 Å². The number of hydrogen-bond donors (Lipinski definition) is 0. The molecule has 0 bridgehead atoms. The predicted molar refractivity (Wildman–Crippen MR) is 77.6 cm³/mol. The van der Waals surface area contributed by atoms with Crippen LogP contribution in [-0.2, 0) is 0 Å². The van der Waals surface area contributed by atoms with E-state index in [2.05, 4.69) is 26.2 Å². The highest BCUT2D eigenvalue weighted by molar-refractivity contribution is 9.10. The van der Waals surface area contributed by atoms with E-state index in [0.717, 1.165) is 10.0 Å². The molecule has 94 valence electrons. The molecule has 0 aliphatic rings. The SMILES string of the molecule is Cc1ccc2nnn(-c3ccccc3Br)c(=O)c2c1. The van der Waals surface area contributed by atoms with Crippen molar-refractivity contribution in [2.24, 2.45) is 0 Å². The molecule has 0 unspecified atom stereocenters. The van der Waals surface area contributed by atoms with E-state index in [-0.39, 0.29) is 5.56 Å². The number of benzene rings is 2. The number of rotatable bonds is 1. The standard InChI is InChI=1S/C14H10BrN3O/c1-9-6-7-12-10(8-9)14(19)18(17-16-12)13-5-3-2-4-11(13)15/h2-8H,1H3. The fraction of sp³-hybridized carbons (Fsp3) is 0.0714. The highest BCUT2D eigenvalue weighted by atomic mass is 79.9. The van der Waals surface area contributed by atoms with E-state index in [9.17, 15) is 4.79 Å². The van der Waals surface area contributed by atoms with Crippen LogP contribution in [0, 0.1) is 6.92 Å². The van der Waals surface area contributed by atoms with Gasteiger partial charge in [0.05, 0.1) is 11.1 Å². The number of halogens is 1. The minimum atomic E-state index is -0.166. The first-order chi connectivity index (χ1) is 9.16. The van der Waals surface area contributed by atoms with Gasteiger partial charge < -0.3 is 0 Å². The zero-order chi connectivity index (χ0) is 13.4. The van der Waals surface area contributed by atoms with Crippen molar-refractivity contribution in [2.75, 3.05) is 0 Å². The largest absolute Gasteiger partial charge is 0.282 e. The molecule has 1 aromatic heterocycles. The fourth-order valence-corrected chi connectivity index (χ4v) is 2.39. The van der Waals surface area contributed by atoms with Crippen molar-refractivity contribution in [3.63, 3.8) is 0 Å². The van der Waals surface area contributed by atoms with Gasteiger partial charge in [0.25, 0.3) is 5.56 Å². The highest BCUT2D eigenvalue weighted by Crippen LogP contribution is 2.18. The first-order valence-corrected chi connectivity index (χ1v) is 6.57. The van der Waals surface area contributed by atoms with E-state index >= 15 is 0 Å². The average molecular weight is 316 g/mol. The maximum Gasteiger partial charge on any atom is 0.282 e. The second-order valence-corrected chi connectivity index (χ2v) is 5.13. The summed E-state index contributed by atoms with van der Waals surface area (Å²) in [4.78, 5) is 12.5. The molecule has 0 saturated heterocycles. The predicted octanol–water partition coefficient (Wildman–Crippen LogP) is 2.85. The van der Waals surface area contributed by atoms with Crippen LogP contribution in [-0.4, -0.2) is 15.0 Å². The van der Waals surface area contributed by atoms with E-state index in [4.69, 9.17) is 0 Å². The van der Waals surface area contributed by atoms with Gasteiger partial charge in [0.2, 0.25) is 0 Å². The summed E-state index contributed by atoms with van der Waals surface area (Å²) in [6.45, 7) is 1.95. The molecule has 0 fully saturated rings. The van der Waals surface area contributed by atoms with Gasteiger partial charge in [-0.25, -0.2) is 0 Å². The van der Waals surface area contributed by atoms with Gasteiger partial charge in [0, 0.05) is 4.47 Å². The van der Waals surface area contributed by atoms with Crippen LogP contribution in [0.15, 0.2) is 51.7 Å². The van der Waals surface area contributed by atoms with Crippen LogP contribution in [0.5, 0.6) is 0 Å². The summed E-state index contributed by atoms with van der Waals surface area (Å²) in [5.74, 6) is 0. The van der Waals surface area contributed by atoms with Gasteiger partial charge in [-0.05, 0) is 47.1 Å². The quantitative estimate of drug-likeness (QED) is 0.693. The molecule has 0 atom stereocenters. The van der Waals surface area contributed by atoms with Crippen molar-refractivity contribution >= 4 is 26.8 Å². The van der Waals surface area contributed by atoms with Crippen LogP contribution in [0.25, 0.3) is 16.6 Å². The van der Waals surface area contributed by atoms with E-state index < -0.39 is 0 Å². The van der Waals surface area contributed by atoms with E-state index in [1.54, 1.807) is 0 Å². The number of hydrogen-bond acceptors (Lipinski definition) is 3. The molecule has 0 amide bonds. The minimum absolute atomic E-state index is 0.166. The number of fused-ring (bicyclic) bond motifs is 1. The van der Waals surface area contributed by atoms with Gasteiger partial charge in [0.15, 0.2) is 0 Å². The minimum Gasteiger partial charge on any atom is -0.267 e. The van der Waals surface area contributed by atoms with Crippen LogP contribution >= 0.6 is 15.9 Å². The third-order valence-electron chi connectivity index (χ3n) is 2.90. The molecule has 19 heavy (non-hydrogen) atoms. The summed E-state index contributed by atoms with van der Waals surface area (Å²) in [5, 5.41) is 8.66. The molecule has 0 spiro atoms. The molecule has 3 rings (SSSR count). The van der Waals surface area contributed by atoms with Crippen molar-refractivity contribution in [2.45, 2.75) is 6.92 Å². The molecule has 5 heteroatoms. The van der Waals surface area contributed by atoms with Crippen LogP contribution in [0.1, 0.15) is 5.56 Å². The number of para-hydroxylation sites is 1. The van der Waals surface area contributed by atoms with Crippen molar-refractivity contribution in [3.05, 3.63) is 62.9 Å². The Morgan fingerprint density at radius 2 is 1.95 bits per heavy atom. The molecular weight excluding hydrogens is 306 g/mol. The Morgan fingerprint density at radius 1 is 1.16 bits per heavy atom. The van der Waals surface area contributed by atoms with Crippen LogP contribution in [0.2, 0.25) is 0 Å². The maximum absolute atomic E-state index is 12.5. The average Bonchev–Trinajstić information content (AvgIpc) is 2.41. The Balaban J connectivity index is 2.35. The van der Waals surface area contributed by atoms with E-state index in [1.807, 2.05) is 49.4 Å². The van der Waals surface area contributed by atoms with Gasteiger partial charge in [-0.2, -0.15) is 4.68 Å². The summed E-state index contributed by atoms with van der Waals surface area (Å²) in [6, 6.07) is 13.0. The first kappa shape index (κ1) is 12.0. The second-order valence-electron chi connectivity index (χ2n) is 4.28.